The van der Waals surface area contributed by atoms with E-state index in [4.69, 9.17) is 0 Å². The fraction of sp³-hybridized carbons (Fsp3) is 1.00. The summed E-state index contributed by atoms with van der Waals surface area (Å²) in [5.74, 6) is -41.6. The Hall–Kier alpha value is -0.880. The van der Waals surface area contributed by atoms with Gasteiger partial charge in [-0.3, -0.25) is 10.1 Å². The molecule has 20 heavy (non-hydrogen) atoms. The third-order valence-corrected chi connectivity index (χ3v) is 2.49. The van der Waals surface area contributed by atoms with Crippen molar-refractivity contribution < 1.29 is 52.7 Å². The minimum atomic E-state index is -7.19. The van der Waals surface area contributed by atoms with Gasteiger partial charge in [-0.25, -0.2) is 4.39 Å². The molecule has 0 spiro atoms. The van der Waals surface area contributed by atoms with E-state index < -0.39 is 35.4 Å². The van der Waals surface area contributed by atoms with E-state index in [0.29, 0.717) is 7.18 Å². The average Bonchev–Trinajstić information content (AvgIpc) is 2.28. The van der Waals surface area contributed by atoms with E-state index >= 15 is 0 Å². The van der Waals surface area contributed by atoms with Crippen LogP contribution in [0, 0.1) is 0 Å². The van der Waals surface area contributed by atoms with Gasteiger partial charge in [-0.1, -0.05) is 0 Å². The van der Waals surface area contributed by atoms with E-state index in [0.717, 1.165) is 0 Å². The van der Waals surface area contributed by atoms with Crippen LogP contribution in [0.15, 0.2) is 0 Å². The summed E-state index contributed by atoms with van der Waals surface area (Å²) in [6.45, 7) is 0. The van der Waals surface area contributed by atoms with Crippen molar-refractivity contribution in [1.82, 2.24) is 0 Å². The van der Waals surface area contributed by atoms with Crippen LogP contribution in [0.1, 0.15) is 0 Å². The maximum Gasteiger partial charge on any atom is 0.384 e. The van der Waals surface area contributed by atoms with E-state index in [-0.39, 0.29) is 0 Å². The third kappa shape index (κ3) is 1.58. The van der Waals surface area contributed by atoms with Gasteiger partial charge in [0, 0.05) is 0 Å². The summed E-state index contributed by atoms with van der Waals surface area (Å²) in [5, 5.41) is 0. The molecule has 0 radical (unpaired) electrons. The van der Waals surface area contributed by atoms with Gasteiger partial charge in [-0.15, -0.1) is 0 Å². The lowest BCUT2D eigenvalue weighted by Gasteiger charge is -2.50. The van der Waals surface area contributed by atoms with E-state index in [1.165, 1.54) is 0 Å². The molecule has 0 saturated heterocycles. The van der Waals surface area contributed by atoms with Crippen LogP contribution in [0.4, 0.5) is 52.7 Å². The van der Waals surface area contributed by atoms with E-state index in [1.54, 1.807) is 0 Å². The van der Waals surface area contributed by atoms with Gasteiger partial charge < -0.3 is 0 Å². The summed E-state index contributed by atoms with van der Waals surface area (Å²) in [6.07, 6.45) is 0. The molecule has 0 unspecified atom stereocenters. The van der Waals surface area contributed by atoms with Crippen molar-refractivity contribution in [2.75, 3.05) is 7.18 Å². The van der Waals surface area contributed by atoms with Crippen LogP contribution < -0.4 is 5.73 Å². The molecular weight excluding hydrogens is 326 g/mol. The monoisotopic (exact) mass is 331 g/mol. The van der Waals surface area contributed by atoms with E-state index in [2.05, 4.69) is 5.73 Å². The van der Waals surface area contributed by atoms with Gasteiger partial charge in [-0.2, -0.15) is 43.9 Å². The third-order valence-electron chi connectivity index (χ3n) is 2.49. The van der Waals surface area contributed by atoms with Crippen LogP contribution in [-0.4, -0.2) is 42.6 Å². The molecule has 2 N–H and O–H groups in total. The summed E-state index contributed by atoms with van der Waals surface area (Å²) < 4.78 is 147. The molecule has 1 saturated carbocycles. The lowest BCUT2D eigenvalue weighted by atomic mass is 9.77. The molecule has 1 nitrogen and oxygen atoms in total. The Morgan fingerprint density at radius 1 is 0.450 bits per heavy atom. The van der Waals surface area contributed by atoms with Gasteiger partial charge in [0.25, 0.3) is 5.79 Å². The van der Waals surface area contributed by atoms with Gasteiger partial charge in [0.1, 0.15) is 0 Å². The van der Waals surface area contributed by atoms with Gasteiger partial charge in [0.2, 0.25) is 0 Å². The van der Waals surface area contributed by atoms with Crippen LogP contribution >= 0.6 is 0 Å². The highest BCUT2D eigenvalue weighted by Gasteiger charge is 3.00. The maximum absolute atomic E-state index is 12.7. The molecule has 1 rings (SSSR count). The van der Waals surface area contributed by atoms with Crippen molar-refractivity contribution in [2.24, 2.45) is 5.73 Å². The molecule has 0 amide bonds. The van der Waals surface area contributed by atoms with Gasteiger partial charge >= 0.3 is 29.6 Å². The number of hydrogen-bond acceptors (Lipinski definition) is 1. The Kier molecular flexibility index (Phi) is 4.12. The second-order valence-corrected chi connectivity index (χ2v) is 3.58. The molecule has 1 aliphatic carbocycles. The zero-order chi connectivity index (χ0) is 17.0. The van der Waals surface area contributed by atoms with E-state index in [1.807, 2.05) is 0 Å². The molecule has 0 heterocycles. The Labute approximate surface area is 102 Å². The lowest BCUT2D eigenvalue weighted by molar-refractivity contribution is -0.484. The highest BCUT2D eigenvalue weighted by atomic mass is 19.4. The number of alkyl halides is 12. The van der Waals surface area contributed by atoms with Gasteiger partial charge in [-0.05, 0) is 0 Å². The lowest BCUT2D eigenvalue weighted by Crippen LogP contribution is -2.86. The molecule has 13 heteroatoms. The minimum absolute atomic E-state index is 0.500. The van der Waals surface area contributed by atoms with Crippen molar-refractivity contribution in [3.05, 3.63) is 0 Å². The Morgan fingerprint density at radius 2 is 0.600 bits per heavy atom. The van der Waals surface area contributed by atoms with Gasteiger partial charge in [0.15, 0.2) is 0 Å². The van der Waals surface area contributed by atoms with Crippen molar-refractivity contribution in [3.63, 3.8) is 0 Å². The number of hydrogen-bond donors (Lipinski definition) is 1. The van der Waals surface area contributed by atoms with E-state index in [9.17, 15) is 52.7 Å². The standard InChI is InChI=1S/C6H2F11N.CH3F/c7-1(8)2(9,10)4(13,14)6(17,18)5(15,16)3(1,11)12;1-2/h18H2;1H3. The molecule has 0 bridgehead atoms. The Balaban J connectivity index is 0.00000172. The molecule has 122 valence electrons. The first-order chi connectivity index (χ1) is 8.50. The molecule has 0 aliphatic heterocycles. The number of halogens is 12. The fourth-order valence-corrected chi connectivity index (χ4v) is 1.25. The molecule has 0 atom stereocenters. The molecule has 0 aromatic heterocycles. The summed E-state index contributed by atoms with van der Waals surface area (Å²) in [6, 6.07) is 0. The summed E-state index contributed by atoms with van der Waals surface area (Å²) in [4.78, 5) is 0. The quantitative estimate of drug-likeness (QED) is 0.534. The number of rotatable bonds is 0. The molecule has 0 aromatic carbocycles. The Bertz CT molecular complexity index is 255. The zero-order valence-corrected chi connectivity index (χ0v) is 9.11. The highest BCUT2D eigenvalue weighted by molar-refractivity contribution is 5.24. The normalized spacial score (nSPS) is 30.9. The van der Waals surface area contributed by atoms with Gasteiger partial charge in [0.05, 0.1) is 7.18 Å². The molecule has 1 fully saturated rings. The maximum atomic E-state index is 12.7. The zero-order valence-electron chi connectivity index (χ0n) is 9.11. The predicted octanol–water partition coefficient (Wildman–Crippen LogP) is 3.39. The van der Waals surface area contributed by atoms with Crippen molar-refractivity contribution >= 4 is 0 Å². The van der Waals surface area contributed by atoms with Crippen LogP contribution in [0.3, 0.4) is 0 Å². The molecule has 0 aromatic rings. The van der Waals surface area contributed by atoms with Crippen LogP contribution in [0.2, 0.25) is 0 Å². The summed E-state index contributed by atoms with van der Waals surface area (Å²) in [5.41, 5.74) is 3.45. The molecular formula is C7H5F12N. The summed E-state index contributed by atoms with van der Waals surface area (Å²) >= 11 is 0. The van der Waals surface area contributed by atoms with Crippen molar-refractivity contribution in [2.45, 2.75) is 35.4 Å². The topological polar surface area (TPSA) is 26.0 Å². The fourth-order valence-electron chi connectivity index (χ4n) is 1.25. The number of nitrogens with two attached hydrogens (primary N) is 1. The SMILES string of the molecule is CF.NC1(F)C(F)(F)C(F)(F)C(F)(F)C(F)(F)C1(F)F. The predicted molar refractivity (Wildman–Crippen MR) is 39.8 cm³/mol. The van der Waals surface area contributed by atoms with Crippen LogP contribution in [0.5, 0.6) is 0 Å². The van der Waals surface area contributed by atoms with Crippen LogP contribution in [-0.2, 0) is 0 Å². The van der Waals surface area contributed by atoms with Crippen molar-refractivity contribution in [1.29, 1.82) is 0 Å². The first-order valence-corrected chi connectivity index (χ1v) is 4.25. The highest BCUT2D eigenvalue weighted by Crippen LogP contribution is 2.67. The average molecular weight is 331 g/mol. The second kappa shape index (κ2) is 4.31. The summed E-state index contributed by atoms with van der Waals surface area (Å²) in [7, 11) is 0.500. The van der Waals surface area contributed by atoms with Crippen molar-refractivity contribution in [3.8, 4) is 0 Å². The smallest absolute Gasteiger partial charge is 0.288 e. The molecule has 1 aliphatic rings. The Morgan fingerprint density at radius 3 is 0.800 bits per heavy atom. The van der Waals surface area contributed by atoms with Crippen LogP contribution in [0.25, 0.3) is 0 Å². The minimum Gasteiger partial charge on any atom is -0.288 e. The second-order valence-electron chi connectivity index (χ2n) is 3.58. The largest absolute Gasteiger partial charge is 0.384 e. The first-order valence-electron chi connectivity index (χ1n) is 4.25. The first kappa shape index (κ1) is 19.1.